The van der Waals surface area contributed by atoms with Gasteiger partial charge in [-0.2, -0.15) is 4.31 Å². The van der Waals surface area contributed by atoms with Crippen LogP contribution in [-0.2, 0) is 10.0 Å². The minimum absolute atomic E-state index is 0.116. The van der Waals surface area contributed by atoms with Crippen molar-refractivity contribution in [3.05, 3.63) is 28.2 Å². The van der Waals surface area contributed by atoms with Crippen LogP contribution in [0.25, 0.3) is 0 Å². The summed E-state index contributed by atoms with van der Waals surface area (Å²) in [7, 11) is -3.45. The molecule has 0 spiro atoms. The van der Waals surface area contributed by atoms with E-state index in [1.54, 1.807) is 18.2 Å². The van der Waals surface area contributed by atoms with Gasteiger partial charge in [0.2, 0.25) is 10.0 Å². The summed E-state index contributed by atoms with van der Waals surface area (Å²) < 4.78 is 26.7. The summed E-state index contributed by atoms with van der Waals surface area (Å²) in [6, 6.07) is 4.70. The Bertz CT molecular complexity index is 528. The van der Waals surface area contributed by atoms with Crippen LogP contribution in [0, 0.1) is 6.92 Å². The van der Waals surface area contributed by atoms with E-state index in [-0.39, 0.29) is 17.5 Å². The average Bonchev–Trinajstić information content (AvgIpc) is 2.20. The number of aryl methyl sites for hydroxylation is 1. The number of hydrogen-bond donors (Lipinski definition) is 1. The second-order valence-electron chi connectivity index (χ2n) is 4.15. The van der Waals surface area contributed by atoms with Crippen molar-refractivity contribution in [3.63, 3.8) is 0 Å². The van der Waals surface area contributed by atoms with Gasteiger partial charge >= 0.3 is 0 Å². The van der Waals surface area contributed by atoms with Crippen LogP contribution in [0.4, 0.5) is 0 Å². The fourth-order valence-electron chi connectivity index (χ4n) is 1.83. The predicted molar refractivity (Wildman–Crippen MR) is 68.3 cm³/mol. The highest BCUT2D eigenvalue weighted by Gasteiger charge is 2.37. The zero-order valence-corrected chi connectivity index (χ0v) is 11.8. The lowest BCUT2D eigenvalue weighted by Crippen LogP contribution is -2.52. The van der Waals surface area contributed by atoms with Crippen molar-refractivity contribution in [2.24, 2.45) is 0 Å². The van der Waals surface area contributed by atoms with Crippen LogP contribution in [-0.4, -0.2) is 37.0 Å². The second kappa shape index (κ2) is 4.68. The van der Waals surface area contributed by atoms with E-state index in [9.17, 15) is 8.42 Å². The number of halogens is 1. The second-order valence-corrected chi connectivity index (χ2v) is 6.90. The van der Waals surface area contributed by atoms with Crippen LogP contribution in [0.1, 0.15) is 12.0 Å². The van der Waals surface area contributed by atoms with Gasteiger partial charge in [0.1, 0.15) is 0 Å². The van der Waals surface area contributed by atoms with E-state index in [1.807, 2.05) is 6.92 Å². The fraction of sp³-hybridized carbons (Fsp3) is 0.455. The largest absolute Gasteiger partial charge is 0.395 e. The molecule has 1 aromatic carbocycles. The van der Waals surface area contributed by atoms with Gasteiger partial charge in [-0.1, -0.05) is 15.9 Å². The third kappa shape index (κ3) is 2.27. The minimum Gasteiger partial charge on any atom is -0.395 e. The first-order valence-electron chi connectivity index (χ1n) is 5.35. The van der Waals surface area contributed by atoms with Crippen molar-refractivity contribution in [3.8, 4) is 0 Å². The molecule has 0 aromatic heterocycles. The summed E-state index contributed by atoms with van der Waals surface area (Å²) in [6.45, 7) is 2.22. The Morgan fingerprint density at radius 2 is 2.24 bits per heavy atom. The summed E-state index contributed by atoms with van der Waals surface area (Å²) >= 11 is 3.34. The van der Waals surface area contributed by atoms with E-state index in [1.165, 1.54) is 4.31 Å². The van der Waals surface area contributed by atoms with E-state index < -0.39 is 10.0 Å². The molecule has 0 saturated carbocycles. The summed E-state index contributed by atoms with van der Waals surface area (Å²) in [6.07, 6.45) is 0.727. The summed E-state index contributed by atoms with van der Waals surface area (Å²) in [5.74, 6) is 0. The molecular formula is C11H14BrNO3S. The third-order valence-electron chi connectivity index (χ3n) is 3.04. The molecule has 1 N–H and O–H groups in total. The van der Waals surface area contributed by atoms with Crippen molar-refractivity contribution in [2.75, 3.05) is 13.2 Å². The maximum absolute atomic E-state index is 12.2. The summed E-state index contributed by atoms with van der Waals surface area (Å²) in [4.78, 5) is 0.288. The lowest BCUT2D eigenvalue weighted by Gasteiger charge is -2.38. The fourth-order valence-corrected chi connectivity index (χ4v) is 3.82. The molecule has 1 aliphatic heterocycles. The molecule has 1 unspecified atom stereocenters. The maximum Gasteiger partial charge on any atom is 0.243 e. The molecule has 1 aromatic rings. The van der Waals surface area contributed by atoms with E-state index in [4.69, 9.17) is 5.11 Å². The van der Waals surface area contributed by atoms with Crippen LogP contribution in [0.5, 0.6) is 0 Å². The number of aliphatic hydroxyl groups excluding tert-OH is 1. The Morgan fingerprint density at radius 3 is 2.71 bits per heavy atom. The van der Waals surface area contributed by atoms with Crippen molar-refractivity contribution < 1.29 is 13.5 Å². The van der Waals surface area contributed by atoms with Gasteiger partial charge in [-0.3, -0.25) is 0 Å². The van der Waals surface area contributed by atoms with E-state index in [0.29, 0.717) is 6.54 Å². The first-order chi connectivity index (χ1) is 7.96. The molecule has 1 heterocycles. The topological polar surface area (TPSA) is 57.6 Å². The normalized spacial score (nSPS) is 21.2. The molecule has 1 aliphatic rings. The van der Waals surface area contributed by atoms with E-state index in [0.717, 1.165) is 16.5 Å². The Labute approximate surface area is 109 Å². The molecule has 94 valence electrons. The molecule has 1 saturated heterocycles. The van der Waals surface area contributed by atoms with Gasteiger partial charge in [-0.05, 0) is 37.1 Å². The summed E-state index contributed by atoms with van der Waals surface area (Å²) in [5.41, 5.74) is 0.882. The monoisotopic (exact) mass is 319 g/mol. The van der Waals surface area contributed by atoms with Crippen LogP contribution in [0.15, 0.2) is 27.6 Å². The quantitative estimate of drug-likeness (QED) is 0.918. The minimum atomic E-state index is -3.45. The highest BCUT2D eigenvalue weighted by Crippen LogP contribution is 2.28. The standard InChI is InChI=1S/C11H14BrNO3S/c1-8-6-10(2-3-11(8)12)17(15,16)13-5-4-9(13)7-14/h2-3,6,9,14H,4-5,7H2,1H3. The molecule has 0 amide bonds. The van der Waals surface area contributed by atoms with Gasteiger partial charge in [-0.15, -0.1) is 0 Å². The lowest BCUT2D eigenvalue weighted by molar-refractivity contribution is 0.116. The van der Waals surface area contributed by atoms with Gasteiger partial charge in [0.05, 0.1) is 11.5 Å². The van der Waals surface area contributed by atoms with Crippen molar-refractivity contribution in [1.29, 1.82) is 0 Å². The van der Waals surface area contributed by atoms with Gasteiger partial charge in [0.25, 0.3) is 0 Å². The molecule has 1 fully saturated rings. The lowest BCUT2D eigenvalue weighted by atomic mass is 10.1. The third-order valence-corrected chi connectivity index (χ3v) is 5.87. The SMILES string of the molecule is Cc1cc(S(=O)(=O)N2CCC2CO)ccc1Br. The van der Waals surface area contributed by atoms with Gasteiger partial charge < -0.3 is 5.11 Å². The number of rotatable bonds is 3. The average molecular weight is 320 g/mol. The first kappa shape index (κ1) is 13.0. The molecule has 17 heavy (non-hydrogen) atoms. The van der Waals surface area contributed by atoms with Crippen LogP contribution in [0.3, 0.4) is 0 Å². The van der Waals surface area contributed by atoms with Crippen LogP contribution >= 0.6 is 15.9 Å². The first-order valence-corrected chi connectivity index (χ1v) is 7.59. The molecule has 1 atom stereocenters. The number of hydrogen-bond acceptors (Lipinski definition) is 3. The number of nitrogens with zero attached hydrogens (tertiary/aromatic N) is 1. The van der Waals surface area contributed by atoms with E-state index in [2.05, 4.69) is 15.9 Å². The van der Waals surface area contributed by atoms with Crippen molar-refractivity contribution in [2.45, 2.75) is 24.3 Å². The zero-order chi connectivity index (χ0) is 12.6. The van der Waals surface area contributed by atoms with Gasteiger partial charge in [0.15, 0.2) is 0 Å². The Hall–Kier alpha value is -0.430. The van der Waals surface area contributed by atoms with Crippen molar-refractivity contribution >= 4 is 26.0 Å². The highest BCUT2D eigenvalue weighted by molar-refractivity contribution is 9.10. The van der Waals surface area contributed by atoms with Gasteiger partial charge in [0, 0.05) is 17.1 Å². The molecule has 2 rings (SSSR count). The Balaban J connectivity index is 2.35. The van der Waals surface area contributed by atoms with E-state index >= 15 is 0 Å². The summed E-state index contributed by atoms with van der Waals surface area (Å²) in [5, 5.41) is 9.05. The zero-order valence-electron chi connectivity index (χ0n) is 9.43. The number of aliphatic hydroxyl groups is 1. The van der Waals surface area contributed by atoms with Crippen LogP contribution < -0.4 is 0 Å². The maximum atomic E-state index is 12.2. The predicted octanol–water partition coefficient (Wildman–Crippen LogP) is 1.51. The number of benzene rings is 1. The smallest absolute Gasteiger partial charge is 0.243 e. The molecule has 0 bridgehead atoms. The van der Waals surface area contributed by atoms with Crippen LogP contribution in [0.2, 0.25) is 0 Å². The van der Waals surface area contributed by atoms with Gasteiger partial charge in [-0.25, -0.2) is 8.42 Å². The Kier molecular flexibility index (Phi) is 3.58. The highest BCUT2D eigenvalue weighted by atomic mass is 79.9. The molecule has 0 radical (unpaired) electrons. The van der Waals surface area contributed by atoms with Crippen molar-refractivity contribution in [1.82, 2.24) is 4.31 Å². The number of sulfonamides is 1. The molecule has 6 heteroatoms. The Morgan fingerprint density at radius 1 is 1.53 bits per heavy atom. The molecule has 4 nitrogen and oxygen atoms in total. The molecule has 0 aliphatic carbocycles. The molecular weight excluding hydrogens is 306 g/mol.